The van der Waals surface area contributed by atoms with E-state index in [4.69, 9.17) is 0 Å². The van der Waals surface area contributed by atoms with Gasteiger partial charge in [-0.25, -0.2) is 0 Å². The van der Waals surface area contributed by atoms with Crippen molar-refractivity contribution in [2.45, 2.75) is 33.6 Å². The van der Waals surface area contributed by atoms with Crippen molar-refractivity contribution >= 4 is 28.9 Å². The van der Waals surface area contributed by atoms with Gasteiger partial charge in [-0.3, -0.25) is 19.7 Å². The summed E-state index contributed by atoms with van der Waals surface area (Å²) in [5, 5.41) is 16.8. The Morgan fingerprint density at radius 1 is 1.16 bits per heavy atom. The predicted molar refractivity (Wildman–Crippen MR) is 120 cm³/mol. The molecular weight excluding hydrogens is 396 g/mol. The average molecular weight is 425 g/mol. The molecule has 164 valence electrons. The first kappa shape index (κ1) is 22.3. The van der Waals surface area contributed by atoms with Crippen LogP contribution < -0.4 is 10.6 Å². The fourth-order valence-corrected chi connectivity index (χ4v) is 3.82. The van der Waals surface area contributed by atoms with Crippen molar-refractivity contribution in [2.24, 2.45) is 5.92 Å². The monoisotopic (exact) mass is 424 g/mol. The lowest BCUT2D eigenvalue weighted by molar-refractivity contribution is -0.385. The molecule has 0 bridgehead atoms. The number of piperidine rings is 1. The van der Waals surface area contributed by atoms with Crippen LogP contribution in [0.1, 0.15) is 41.3 Å². The number of anilines is 2. The van der Waals surface area contributed by atoms with Crippen molar-refractivity contribution in [3.05, 3.63) is 63.2 Å². The number of hydrogen-bond donors (Lipinski definition) is 2. The Bertz CT molecular complexity index is 1010. The van der Waals surface area contributed by atoms with E-state index in [1.54, 1.807) is 31.2 Å². The summed E-state index contributed by atoms with van der Waals surface area (Å²) in [6, 6.07) is 10.0. The van der Waals surface area contributed by atoms with Crippen LogP contribution in [-0.2, 0) is 4.79 Å². The SMILES string of the molecule is Cc1cc(C(=O)N2CCCC(C)C2)ccc1NCC(=O)Nc1ccc(C)c([N+](=O)[O-])c1. The second-order valence-electron chi connectivity index (χ2n) is 8.19. The number of nitro benzene ring substituents is 1. The second kappa shape index (κ2) is 9.59. The molecule has 0 saturated carbocycles. The Balaban J connectivity index is 1.59. The van der Waals surface area contributed by atoms with Gasteiger partial charge in [0, 0.05) is 41.7 Å². The molecule has 1 aliphatic rings. The predicted octanol–water partition coefficient (Wildman–Crippen LogP) is 4.13. The molecule has 2 aromatic rings. The van der Waals surface area contributed by atoms with E-state index >= 15 is 0 Å². The molecule has 1 unspecified atom stereocenters. The summed E-state index contributed by atoms with van der Waals surface area (Å²) in [6.45, 7) is 7.28. The third-order valence-electron chi connectivity index (χ3n) is 5.55. The van der Waals surface area contributed by atoms with E-state index < -0.39 is 4.92 Å². The molecule has 0 spiro atoms. The average Bonchev–Trinajstić information content (AvgIpc) is 2.73. The van der Waals surface area contributed by atoms with Crippen molar-refractivity contribution in [3.8, 4) is 0 Å². The normalized spacial score (nSPS) is 16.0. The van der Waals surface area contributed by atoms with Crippen LogP contribution in [0.25, 0.3) is 0 Å². The molecule has 8 heteroatoms. The lowest BCUT2D eigenvalue weighted by atomic mass is 9.99. The van der Waals surface area contributed by atoms with Gasteiger partial charge in [-0.2, -0.15) is 0 Å². The number of amides is 2. The number of carbonyl (C=O) groups excluding carboxylic acids is 2. The summed E-state index contributed by atoms with van der Waals surface area (Å²) < 4.78 is 0. The minimum Gasteiger partial charge on any atom is -0.376 e. The van der Waals surface area contributed by atoms with E-state index in [-0.39, 0.29) is 24.0 Å². The van der Waals surface area contributed by atoms with Gasteiger partial charge in [0.05, 0.1) is 11.5 Å². The van der Waals surface area contributed by atoms with Crippen LogP contribution in [0.5, 0.6) is 0 Å². The van der Waals surface area contributed by atoms with Crippen LogP contribution in [0.4, 0.5) is 17.1 Å². The first-order valence-electron chi connectivity index (χ1n) is 10.4. The quantitative estimate of drug-likeness (QED) is 0.536. The second-order valence-corrected chi connectivity index (χ2v) is 8.19. The van der Waals surface area contributed by atoms with Gasteiger partial charge in [0.25, 0.3) is 11.6 Å². The topological polar surface area (TPSA) is 105 Å². The number of benzene rings is 2. The van der Waals surface area contributed by atoms with Crippen LogP contribution in [0, 0.1) is 29.9 Å². The fourth-order valence-electron chi connectivity index (χ4n) is 3.82. The summed E-state index contributed by atoms with van der Waals surface area (Å²) in [5.41, 5.74) is 3.14. The highest BCUT2D eigenvalue weighted by Crippen LogP contribution is 2.23. The molecule has 31 heavy (non-hydrogen) atoms. The summed E-state index contributed by atoms with van der Waals surface area (Å²) in [7, 11) is 0. The number of carbonyl (C=O) groups is 2. The van der Waals surface area contributed by atoms with Gasteiger partial charge in [0.15, 0.2) is 0 Å². The van der Waals surface area contributed by atoms with Crippen molar-refractivity contribution in [1.82, 2.24) is 4.90 Å². The molecule has 3 rings (SSSR count). The number of hydrogen-bond acceptors (Lipinski definition) is 5. The van der Waals surface area contributed by atoms with E-state index in [9.17, 15) is 19.7 Å². The molecule has 1 atom stereocenters. The smallest absolute Gasteiger partial charge is 0.274 e. The molecule has 1 fully saturated rings. The molecule has 2 aromatic carbocycles. The Hall–Kier alpha value is -3.42. The van der Waals surface area contributed by atoms with Crippen LogP contribution in [-0.4, -0.2) is 41.3 Å². The molecule has 1 aliphatic heterocycles. The summed E-state index contributed by atoms with van der Waals surface area (Å²) in [4.78, 5) is 37.5. The van der Waals surface area contributed by atoms with Crippen molar-refractivity contribution in [1.29, 1.82) is 0 Å². The molecule has 0 aliphatic carbocycles. The molecule has 1 heterocycles. The van der Waals surface area contributed by atoms with E-state index in [0.29, 0.717) is 22.7 Å². The summed E-state index contributed by atoms with van der Waals surface area (Å²) in [5.74, 6) is 0.244. The van der Waals surface area contributed by atoms with E-state index in [1.165, 1.54) is 6.07 Å². The Labute approximate surface area is 181 Å². The maximum Gasteiger partial charge on any atom is 0.274 e. The number of likely N-dealkylation sites (tertiary alicyclic amines) is 1. The van der Waals surface area contributed by atoms with Gasteiger partial charge < -0.3 is 15.5 Å². The highest BCUT2D eigenvalue weighted by Gasteiger charge is 2.22. The number of nitrogens with one attached hydrogen (secondary N) is 2. The van der Waals surface area contributed by atoms with Gasteiger partial charge in [0.1, 0.15) is 0 Å². The van der Waals surface area contributed by atoms with Gasteiger partial charge in [0.2, 0.25) is 5.91 Å². The van der Waals surface area contributed by atoms with Crippen LogP contribution in [0.3, 0.4) is 0 Å². The van der Waals surface area contributed by atoms with Crippen LogP contribution >= 0.6 is 0 Å². The Kier molecular flexibility index (Phi) is 6.89. The molecule has 0 aromatic heterocycles. The zero-order valence-electron chi connectivity index (χ0n) is 18.1. The maximum absolute atomic E-state index is 12.8. The van der Waals surface area contributed by atoms with Crippen molar-refractivity contribution < 1.29 is 14.5 Å². The molecule has 2 amide bonds. The molecular formula is C23H28N4O4. The van der Waals surface area contributed by atoms with E-state index in [0.717, 1.165) is 37.2 Å². The third-order valence-corrected chi connectivity index (χ3v) is 5.55. The zero-order chi connectivity index (χ0) is 22.5. The zero-order valence-corrected chi connectivity index (χ0v) is 18.1. The van der Waals surface area contributed by atoms with Crippen molar-refractivity contribution in [2.75, 3.05) is 30.3 Å². The van der Waals surface area contributed by atoms with Crippen LogP contribution in [0.2, 0.25) is 0 Å². The molecule has 2 N–H and O–H groups in total. The van der Waals surface area contributed by atoms with E-state index in [1.807, 2.05) is 17.9 Å². The molecule has 1 saturated heterocycles. The molecule has 0 radical (unpaired) electrons. The standard InChI is InChI=1S/C23H28N4O4/c1-15-5-4-10-26(14-15)23(29)18-7-9-20(17(3)11-18)24-13-22(28)25-19-8-6-16(2)21(12-19)27(30)31/h6-9,11-12,15,24H,4-5,10,13-14H2,1-3H3,(H,25,28). The van der Waals surface area contributed by atoms with Gasteiger partial charge in [-0.15, -0.1) is 0 Å². The number of nitro groups is 1. The third kappa shape index (κ3) is 5.59. The molecule has 8 nitrogen and oxygen atoms in total. The number of nitrogens with zero attached hydrogens (tertiary/aromatic N) is 2. The summed E-state index contributed by atoms with van der Waals surface area (Å²) in [6.07, 6.45) is 2.19. The largest absolute Gasteiger partial charge is 0.376 e. The highest BCUT2D eigenvalue weighted by atomic mass is 16.6. The summed E-state index contributed by atoms with van der Waals surface area (Å²) >= 11 is 0. The lowest BCUT2D eigenvalue weighted by Crippen LogP contribution is -2.39. The highest BCUT2D eigenvalue weighted by molar-refractivity contribution is 5.96. The fraction of sp³-hybridized carbons (Fsp3) is 0.391. The minimum atomic E-state index is -0.472. The Morgan fingerprint density at radius 3 is 2.61 bits per heavy atom. The van der Waals surface area contributed by atoms with Crippen molar-refractivity contribution in [3.63, 3.8) is 0 Å². The lowest BCUT2D eigenvalue weighted by Gasteiger charge is -2.31. The first-order chi connectivity index (χ1) is 14.7. The van der Waals surface area contributed by atoms with Crippen LogP contribution in [0.15, 0.2) is 36.4 Å². The minimum absolute atomic E-state index is 0.000549. The first-order valence-corrected chi connectivity index (χ1v) is 10.4. The number of aryl methyl sites for hydroxylation is 2. The van der Waals surface area contributed by atoms with Gasteiger partial charge in [-0.1, -0.05) is 13.0 Å². The Morgan fingerprint density at radius 2 is 1.94 bits per heavy atom. The van der Waals surface area contributed by atoms with Gasteiger partial charge in [-0.05, 0) is 62.4 Å². The number of rotatable bonds is 6. The van der Waals surface area contributed by atoms with Gasteiger partial charge >= 0.3 is 0 Å². The maximum atomic E-state index is 12.8. The van der Waals surface area contributed by atoms with E-state index in [2.05, 4.69) is 17.6 Å².